The molecule has 6 rings (SSSR count). The Bertz CT molecular complexity index is 1800. The van der Waals surface area contributed by atoms with Crippen LogP contribution in [0, 0.1) is 12.8 Å². The number of rotatable bonds is 20. The number of likely N-dealkylation sites (tertiary alicyclic amines) is 1. The van der Waals surface area contributed by atoms with Crippen LogP contribution in [0.4, 0.5) is 4.79 Å². The van der Waals surface area contributed by atoms with Gasteiger partial charge in [0, 0.05) is 38.9 Å². The molecule has 58 heavy (non-hydrogen) atoms. The molecule has 2 atom stereocenters. The van der Waals surface area contributed by atoms with Gasteiger partial charge in [0.05, 0.1) is 28.7 Å². The molecule has 2 aliphatic carbocycles. The molecule has 0 bridgehead atoms. The summed E-state index contributed by atoms with van der Waals surface area (Å²) in [4.78, 5) is 32.1. The van der Waals surface area contributed by atoms with Crippen LogP contribution >= 0.6 is 23.2 Å². The number of aryl methyl sites for hydroxylation is 2. The third-order valence-electron chi connectivity index (χ3n) is 10.5. The monoisotopic (exact) mass is 838 g/mol. The fourth-order valence-corrected chi connectivity index (χ4v) is 8.10. The number of piperidine rings is 1. The lowest BCUT2D eigenvalue weighted by molar-refractivity contribution is -0.139. The standard InChI is InChI=1S/C46H60Cl2N2O8/c1-6-53-19-7-8-32-26-33(28-38(27-32)56-21-20-54-37-15-16-37)29-50(35-11-12-35)44(51)40-30-49(45(52)58-46(3,4)5)18-17-39(40)34-9-13-36(14-10-34)55-22-23-57-43-41(47)24-31(2)25-42(43)48/h9-10,13-14,24-28,35,37,39-40H,6-8,11-12,15-23,29-30H2,1-5H3/t39-,40+/m1/s1. The van der Waals surface area contributed by atoms with Crippen LogP contribution in [-0.4, -0.2) is 92.3 Å². The molecule has 1 heterocycles. The average molecular weight is 840 g/mol. The molecular weight excluding hydrogens is 779 g/mol. The van der Waals surface area contributed by atoms with Crippen molar-refractivity contribution >= 4 is 35.2 Å². The van der Waals surface area contributed by atoms with Gasteiger partial charge in [-0.15, -0.1) is 0 Å². The van der Waals surface area contributed by atoms with Crippen LogP contribution in [0.1, 0.15) is 94.4 Å². The SMILES string of the molecule is CCOCCCc1cc(CN(C(=O)[C@H]2CN(C(=O)OC(C)(C)C)CC[C@@H]2c2ccc(OCCOc3c(Cl)cc(C)cc3Cl)cc2)C2CC2)cc(OCCOC2CC2)c1. The Labute approximate surface area is 354 Å². The van der Waals surface area contributed by atoms with Crippen molar-refractivity contribution in [3.63, 3.8) is 0 Å². The zero-order valence-corrected chi connectivity index (χ0v) is 36.2. The quantitative estimate of drug-likeness (QED) is 0.104. The first kappa shape index (κ1) is 43.9. The number of nitrogens with zero attached hydrogens (tertiary/aromatic N) is 2. The van der Waals surface area contributed by atoms with Gasteiger partial charge in [0.2, 0.25) is 5.91 Å². The lowest BCUT2D eigenvalue weighted by Gasteiger charge is -2.40. The maximum atomic E-state index is 15.0. The van der Waals surface area contributed by atoms with Crippen molar-refractivity contribution in [1.82, 2.24) is 9.80 Å². The minimum atomic E-state index is -0.648. The highest BCUT2D eigenvalue weighted by molar-refractivity contribution is 6.37. The molecule has 0 N–H and O–H groups in total. The van der Waals surface area contributed by atoms with Gasteiger partial charge in [0.1, 0.15) is 36.9 Å². The van der Waals surface area contributed by atoms with E-state index in [1.807, 2.05) is 75.9 Å². The first-order valence-corrected chi connectivity index (χ1v) is 21.7. The van der Waals surface area contributed by atoms with Crippen molar-refractivity contribution in [3.8, 4) is 17.2 Å². The van der Waals surface area contributed by atoms with E-state index in [2.05, 4.69) is 18.2 Å². The van der Waals surface area contributed by atoms with Crippen molar-refractivity contribution in [2.45, 2.75) is 110 Å². The van der Waals surface area contributed by atoms with Crippen LogP contribution in [0.25, 0.3) is 0 Å². The molecule has 0 aromatic heterocycles. The highest BCUT2D eigenvalue weighted by Crippen LogP contribution is 2.39. The second-order valence-corrected chi connectivity index (χ2v) is 17.5. The van der Waals surface area contributed by atoms with Crippen LogP contribution in [0.5, 0.6) is 17.2 Å². The van der Waals surface area contributed by atoms with Crippen LogP contribution in [0.3, 0.4) is 0 Å². The van der Waals surface area contributed by atoms with Gasteiger partial charge in [-0.3, -0.25) is 4.79 Å². The normalized spacial score (nSPS) is 18.2. The smallest absolute Gasteiger partial charge is 0.410 e. The fraction of sp³-hybridized carbons (Fsp3) is 0.565. The molecular formula is C46H60Cl2N2O8. The van der Waals surface area contributed by atoms with Crippen LogP contribution in [0.2, 0.25) is 10.0 Å². The second-order valence-electron chi connectivity index (χ2n) is 16.7. The second kappa shape index (κ2) is 20.5. The molecule has 2 amide bonds. The summed E-state index contributed by atoms with van der Waals surface area (Å²) in [5.74, 6) is 1.39. The van der Waals surface area contributed by atoms with E-state index in [1.165, 1.54) is 0 Å². The van der Waals surface area contributed by atoms with Gasteiger partial charge < -0.3 is 38.2 Å². The third kappa shape index (κ3) is 13.2. The summed E-state index contributed by atoms with van der Waals surface area (Å²) in [5, 5.41) is 0.920. The summed E-state index contributed by atoms with van der Waals surface area (Å²) in [5.41, 5.74) is 3.52. The van der Waals surface area contributed by atoms with E-state index in [0.29, 0.717) is 80.2 Å². The number of halogens is 2. The summed E-state index contributed by atoms with van der Waals surface area (Å²) in [7, 11) is 0. The highest BCUT2D eigenvalue weighted by atomic mass is 35.5. The van der Waals surface area contributed by atoms with Gasteiger partial charge in [-0.25, -0.2) is 4.79 Å². The maximum Gasteiger partial charge on any atom is 0.410 e. The van der Waals surface area contributed by atoms with E-state index in [9.17, 15) is 9.59 Å². The summed E-state index contributed by atoms with van der Waals surface area (Å²) >= 11 is 12.7. The van der Waals surface area contributed by atoms with E-state index in [1.54, 1.807) is 4.90 Å². The lowest BCUT2D eigenvalue weighted by Crippen LogP contribution is -2.51. The Morgan fingerprint density at radius 3 is 2.16 bits per heavy atom. The number of benzene rings is 3. The Morgan fingerprint density at radius 1 is 0.810 bits per heavy atom. The molecule has 3 fully saturated rings. The molecule has 0 unspecified atom stereocenters. The summed E-state index contributed by atoms with van der Waals surface area (Å²) < 4.78 is 35.3. The zero-order valence-electron chi connectivity index (χ0n) is 34.7. The third-order valence-corrected chi connectivity index (χ3v) is 11.0. The van der Waals surface area contributed by atoms with E-state index in [0.717, 1.165) is 66.5 Å². The zero-order chi connectivity index (χ0) is 41.2. The van der Waals surface area contributed by atoms with Crippen molar-refractivity contribution in [2.75, 3.05) is 52.7 Å². The van der Waals surface area contributed by atoms with Crippen LogP contribution in [-0.2, 0) is 32.0 Å². The number of carbonyl (C=O) groups excluding carboxylic acids is 2. The molecule has 1 saturated heterocycles. The predicted octanol–water partition coefficient (Wildman–Crippen LogP) is 9.82. The Hall–Kier alpha value is -3.70. The maximum absolute atomic E-state index is 15.0. The van der Waals surface area contributed by atoms with Crippen molar-refractivity contribution in [3.05, 3.63) is 86.9 Å². The first-order chi connectivity index (χ1) is 27.9. The molecule has 0 spiro atoms. The number of hydrogen-bond donors (Lipinski definition) is 0. The fourth-order valence-electron chi connectivity index (χ4n) is 7.39. The van der Waals surface area contributed by atoms with E-state index in [4.69, 9.17) is 51.6 Å². The number of amides is 2. The molecule has 316 valence electrons. The molecule has 3 aromatic rings. The van der Waals surface area contributed by atoms with Crippen molar-refractivity contribution in [1.29, 1.82) is 0 Å². The number of carbonyl (C=O) groups is 2. The molecule has 1 aliphatic heterocycles. The van der Waals surface area contributed by atoms with Crippen LogP contribution in [0.15, 0.2) is 54.6 Å². The molecule has 12 heteroatoms. The molecule has 3 aromatic carbocycles. The van der Waals surface area contributed by atoms with Gasteiger partial charge >= 0.3 is 6.09 Å². The summed E-state index contributed by atoms with van der Waals surface area (Å²) in [6.07, 6.45) is 6.49. The Kier molecular flexibility index (Phi) is 15.5. The van der Waals surface area contributed by atoms with Gasteiger partial charge in [0.25, 0.3) is 0 Å². The lowest BCUT2D eigenvalue weighted by atomic mass is 9.79. The largest absolute Gasteiger partial charge is 0.491 e. The number of hydrogen-bond acceptors (Lipinski definition) is 8. The summed E-state index contributed by atoms with van der Waals surface area (Å²) in [6, 6.07) is 18.0. The van der Waals surface area contributed by atoms with E-state index < -0.39 is 17.6 Å². The van der Waals surface area contributed by atoms with Gasteiger partial charge in [-0.1, -0.05) is 41.4 Å². The molecule has 3 aliphatic rings. The van der Waals surface area contributed by atoms with E-state index in [-0.39, 0.29) is 31.0 Å². The molecule has 2 saturated carbocycles. The van der Waals surface area contributed by atoms with E-state index >= 15 is 0 Å². The van der Waals surface area contributed by atoms with Crippen molar-refractivity contribution in [2.24, 2.45) is 5.92 Å². The minimum absolute atomic E-state index is 0.0497. The van der Waals surface area contributed by atoms with Crippen LogP contribution < -0.4 is 14.2 Å². The Morgan fingerprint density at radius 2 is 1.48 bits per heavy atom. The molecule has 0 radical (unpaired) electrons. The van der Waals surface area contributed by atoms with Gasteiger partial charge in [-0.2, -0.15) is 0 Å². The Balaban J connectivity index is 1.17. The first-order valence-electron chi connectivity index (χ1n) is 20.9. The summed E-state index contributed by atoms with van der Waals surface area (Å²) in [6.45, 7) is 13.7. The van der Waals surface area contributed by atoms with Gasteiger partial charge in [-0.05, 0) is 144 Å². The predicted molar refractivity (Wildman–Crippen MR) is 227 cm³/mol. The number of ether oxygens (including phenoxy) is 6. The highest BCUT2D eigenvalue weighted by Gasteiger charge is 2.43. The average Bonchev–Trinajstić information content (AvgIpc) is 4.12. The van der Waals surface area contributed by atoms with Gasteiger partial charge in [0.15, 0.2) is 5.75 Å². The molecule has 10 nitrogen and oxygen atoms in total. The van der Waals surface area contributed by atoms with Crippen molar-refractivity contribution < 1.29 is 38.0 Å². The topological polar surface area (TPSA) is 96.0 Å². The minimum Gasteiger partial charge on any atom is -0.491 e.